The van der Waals surface area contributed by atoms with E-state index in [1.54, 1.807) is 0 Å². The summed E-state index contributed by atoms with van der Waals surface area (Å²) in [6, 6.07) is 0. The monoisotopic (exact) mass is 354 g/mol. The summed E-state index contributed by atoms with van der Waals surface area (Å²) in [5.74, 6) is 4.84. The van der Waals surface area contributed by atoms with Crippen molar-refractivity contribution in [3.8, 4) is 0 Å². The van der Waals surface area contributed by atoms with Crippen LogP contribution >= 0.6 is 0 Å². The quantitative estimate of drug-likeness (QED) is 0.471. The third kappa shape index (κ3) is 7.26. The second-order valence-electron chi connectivity index (χ2n) is 8.88. The van der Waals surface area contributed by atoms with Crippen molar-refractivity contribution >= 4 is 0 Å². The zero-order valence-electron chi connectivity index (χ0n) is 18.8. The van der Waals surface area contributed by atoms with Crippen molar-refractivity contribution in [2.24, 2.45) is 35.0 Å². The van der Waals surface area contributed by atoms with Gasteiger partial charge in [0, 0.05) is 0 Å². The minimum absolute atomic E-state index is 0. The Kier molecular flexibility index (Phi) is 15.4. The van der Waals surface area contributed by atoms with Gasteiger partial charge in [0.1, 0.15) is 0 Å². The normalized spacial score (nSPS) is 32.2. The van der Waals surface area contributed by atoms with E-state index in [0.717, 1.165) is 29.6 Å². The standard InChI is InChI=1S/C19H36.C3H8.C2H6.CH4/c1-6-9-17(14(2)3)18-12-11-16-10-7-8-13-19(16,5)15(18)4;1-3-2;1-2;/h14-18H,6-13H2,1-5H3;3H2,1-2H3;1-2H3;1H4. The van der Waals surface area contributed by atoms with E-state index in [-0.39, 0.29) is 7.43 Å². The van der Waals surface area contributed by atoms with Gasteiger partial charge >= 0.3 is 0 Å². The average molecular weight is 355 g/mol. The van der Waals surface area contributed by atoms with Crippen LogP contribution in [0.4, 0.5) is 0 Å². The topological polar surface area (TPSA) is 0 Å². The highest BCUT2D eigenvalue weighted by Gasteiger charge is 2.48. The summed E-state index contributed by atoms with van der Waals surface area (Å²) in [6.07, 6.45) is 13.1. The first kappa shape index (κ1) is 27.2. The van der Waals surface area contributed by atoms with E-state index in [1.165, 1.54) is 57.8 Å². The summed E-state index contributed by atoms with van der Waals surface area (Å²) in [6.45, 7) is 20.8. The van der Waals surface area contributed by atoms with Gasteiger partial charge in [0.25, 0.3) is 0 Å². The molecular weight excluding hydrogens is 300 g/mol. The summed E-state index contributed by atoms with van der Waals surface area (Å²) < 4.78 is 0. The Morgan fingerprint density at radius 1 is 0.960 bits per heavy atom. The van der Waals surface area contributed by atoms with Crippen molar-refractivity contribution in [1.29, 1.82) is 0 Å². The fraction of sp³-hybridized carbons (Fsp3) is 1.00. The molecule has 2 aliphatic carbocycles. The third-order valence-electron chi connectivity index (χ3n) is 7.01. The maximum Gasteiger partial charge on any atom is -0.0269 e. The maximum atomic E-state index is 2.64. The molecule has 2 saturated carbocycles. The molecule has 0 aromatic heterocycles. The van der Waals surface area contributed by atoms with Gasteiger partial charge in [-0.1, -0.05) is 102 Å². The molecule has 0 bridgehead atoms. The van der Waals surface area contributed by atoms with Crippen molar-refractivity contribution in [1.82, 2.24) is 0 Å². The molecule has 0 amide bonds. The molecule has 0 heteroatoms. The van der Waals surface area contributed by atoms with E-state index >= 15 is 0 Å². The van der Waals surface area contributed by atoms with Gasteiger partial charge in [0.15, 0.2) is 0 Å². The highest BCUT2D eigenvalue weighted by Crippen LogP contribution is 2.57. The molecule has 0 saturated heterocycles. The molecule has 0 radical (unpaired) electrons. The van der Waals surface area contributed by atoms with Crippen LogP contribution in [0.1, 0.15) is 128 Å². The second kappa shape index (κ2) is 14.1. The van der Waals surface area contributed by atoms with Crippen molar-refractivity contribution < 1.29 is 0 Å². The summed E-state index contributed by atoms with van der Waals surface area (Å²) in [7, 11) is 0. The lowest BCUT2D eigenvalue weighted by molar-refractivity contribution is -0.0523. The second-order valence-corrected chi connectivity index (χ2v) is 8.88. The van der Waals surface area contributed by atoms with Crippen LogP contribution < -0.4 is 0 Å². The Hall–Kier alpha value is 0. The molecule has 0 heterocycles. The molecule has 5 atom stereocenters. The molecule has 2 fully saturated rings. The van der Waals surface area contributed by atoms with E-state index in [9.17, 15) is 0 Å². The first-order valence-corrected chi connectivity index (χ1v) is 11.4. The molecule has 0 spiro atoms. The van der Waals surface area contributed by atoms with Gasteiger partial charge in [-0.2, -0.15) is 0 Å². The minimum atomic E-state index is 0. The smallest absolute Gasteiger partial charge is 0.0269 e. The van der Waals surface area contributed by atoms with Gasteiger partial charge in [0.2, 0.25) is 0 Å². The summed E-state index contributed by atoms with van der Waals surface area (Å²) in [5.41, 5.74) is 0.669. The van der Waals surface area contributed by atoms with Crippen LogP contribution in [0.25, 0.3) is 0 Å². The van der Waals surface area contributed by atoms with Crippen molar-refractivity contribution in [2.75, 3.05) is 0 Å². The predicted octanol–water partition coefficient (Wildman–Crippen LogP) is 9.38. The van der Waals surface area contributed by atoms with Crippen molar-refractivity contribution in [3.63, 3.8) is 0 Å². The Balaban J connectivity index is 0. The van der Waals surface area contributed by atoms with E-state index in [0.29, 0.717) is 5.41 Å². The maximum absolute atomic E-state index is 2.64. The van der Waals surface area contributed by atoms with Crippen molar-refractivity contribution in [3.05, 3.63) is 0 Å². The average Bonchev–Trinajstić information content (AvgIpc) is 2.57. The van der Waals surface area contributed by atoms with Gasteiger partial charge in [-0.3, -0.25) is 0 Å². The Morgan fingerprint density at radius 3 is 2.00 bits per heavy atom. The highest BCUT2D eigenvalue weighted by atomic mass is 14.5. The Morgan fingerprint density at radius 2 is 1.52 bits per heavy atom. The van der Waals surface area contributed by atoms with Gasteiger partial charge in [-0.25, -0.2) is 0 Å². The molecule has 0 N–H and O–H groups in total. The molecule has 5 unspecified atom stereocenters. The van der Waals surface area contributed by atoms with Crippen LogP contribution in [0.2, 0.25) is 0 Å². The summed E-state index contributed by atoms with van der Waals surface area (Å²) >= 11 is 0. The van der Waals surface area contributed by atoms with Gasteiger partial charge < -0.3 is 0 Å². The van der Waals surface area contributed by atoms with E-state index < -0.39 is 0 Å². The fourth-order valence-corrected chi connectivity index (χ4v) is 5.60. The third-order valence-corrected chi connectivity index (χ3v) is 7.01. The van der Waals surface area contributed by atoms with E-state index in [4.69, 9.17) is 0 Å². The molecule has 2 rings (SSSR count). The van der Waals surface area contributed by atoms with Crippen molar-refractivity contribution in [2.45, 2.75) is 128 Å². The number of rotatable bonds is 4. The zero-order chi connectivity index (χ0) is 18.8. The highest BCUT2D eigenvalue weighted by molar-refractivity contribution is 4.98. The van der Waals surface area contributed by atoms with Crippen LogP contribution in [0, 0.1) is 35.0 Å². The van der Waals surface area contributed by atoms with E-state index in [1.807, 2.05) is 13.8 Å². The first-order chi connectivity index (χ1) is 11.4. The largest absolute Gasteiger partial charge is 0.0776 e. The van der Waals surface area contributed by atoms with Crippen LogP contribution in [-0.4, -0.2) is 0 Å². The number of hydrogen-bond acceptors (Lipinski definition) is 0. The fourth-order valence-electron chi connectivity index (χ4n) is 5.60. The molecule has 2 aliphatic rings. The minimum Gasteiger partial charge on any atom is -0.0776 e. The molecule has 0 nitrogen and oxygen atoms in total. The van der Waals surface area contributed by atoms with Crippen LogP contribution in [0.15, 0.2) is 0 Å². The molecule has 0 aromatic rings. The van der Waals surface area contributed by atoms with Crippen LogP contribution in [0.3, 0.4) is 0 Å². The zero-order valence-corrected chi connectivity index (χ0v) is 18.8. The molecule has 0 aromatic carbocycles. The molecule has 154 valence electrons. The summed E-state index contributed by atoms with van der Waals surface area (Å²) in [5, 5.41) is 0. The lowest BCUT2D eigenvalue weighted by Gasteiger charge is -2.55. The molecule has 0 aliphatic heterocycles. The Labute approximate surface area is 163 Å². The summed E-state index contributed by atoms with van der Waals surface area (Å²) in [4.78, 5) is 0. The number of fused-ring (bicyclic) bond motifs is 1. The van der Waals surface area contributed by atoms with Crippen LogP contribution in [-0.2, 0) is 0 Å². The molecular formula is C25H54. The van der Waals surface area contributed by atoms with Gasteiger partial charge in [-0.15, -0.1) is 0 Å². The van der Waals surface area contributed by atoms with Gasteiger partial charge in [-0.05, 0) is 60.7 Å². The number of hydrogen-bond donors (Lipinski definition) is 0. The van der Waals surface area contributed by atoms with Crippen LogP contribution in [0.5, 0.6) is 0 Å². The lowest BCUT2D eigenvalue weighted by Crippen LogP contribution is -2.46. The predicted molar refractivity (Wildman–Crippen MR) is 119 cm³/mol. The SMILES string of the molecule is C.CC.CCC.CCCC(C(C)C)C1CCC2CCCCC2(C)C1C. The van der Waals surface area contributed by atoms with E-state index in [2.05, 4.69) is 48.5 Å². The lowest BCUT2D eigenvalue weighted by atomic mass is 9.50. The Bertz CT molecular complexity index is 292. The first-order valence-electron chi connectivity index (χ1n) is 11.4. The molecule has 25 heavy (non-hydrogen) atoms. The van der Waals surface area contributed by atoms with Gasteiger partial charge in [0.05, 0.1) is 0 Å².